The third kappa shape index (κ3) is 2.99. The van der Waals surface area contributed by atoms with Crippen molar-refractivity contribution in [2.45, 2.75) is 31.7 Å². The van der Waals surface area contributed by atoms with E-state index in [1.807, 2.05) is 0 Å². The summed E-state index contributed by atoms with van der Waals surface area (Å²) in [6, 6.07) is 10.7. The van der Waals surface area contributed by atoms with E-state index in [-0.39, 0.29) is 5.54 Å². The SMILES string of the molecule is CC1CC1CNC1(CN)CCN(c2ccccc2)CC1. The molecule has 2 aliphatic rings. The lowest BCUT2D eigenvalue weighted by Crippen LogP contribution is -2.58. The van der Waals surface area contributed by atoms with Crippen LogP contribution in [0.4, 0.5) is 5.69 Å². The summed E-state index contributed by atoms with van der Waals surface area (Å²) in [5, 5.41) is 3.80. The van der Waals surface area contributed by atoms with Gasteiger partial charge >= 0.3 is 0 Å². The Balaban J connectivity index is 1.55. The second kappa shape index (κ2) is 5.74. The maximum Gasteiger partial charge on any atom is 0.0366 e. The van der Waals surface area contributed by atoms with E-state index in [9.17, 15) is 0 Å². The minimum absolute atomic E-state index is 0.174. The Labute approximate surface area is 122 Å². The molecular formula is C17H27N3. The van der Waals surface area contributed by atoms with Gasteiger partial charge in [-0.2, -0.15) is 0 Å². The Hall–Kier alpha value is -1.06. The standard InChI is InChI=1S/C17H27N3/c1-14-11-15(14)12-19-17(13-18)7-9-20(10-8-17)16-5-3-2-4-6-16/h2-6,14-15,19H,7-13,18H2,1H3. The molecule has 0 radical (unpaired) electrons. The number of benzene rings is 1. The van der Waals surface area contributed by atoms with E-state index >= 15 is 0 Å². The van der Waals surface area contributed by atoms with Crippen molar-refractivity contribution in [2.24, 2.45) is 17.6 Å². The molecule has 20 heavy (non-hydrogen) atoms. The van der Waals surface area contributed by atoms with Gasteiger partial charge in [0.05, 0.1) is 0 Å². The Morgan fingerprint density at radius 1 is 1.25 bits per heavy atom. The topological polar surface area (TPSA) is 41.3 Å². The fourth-order valence-electron chi connectivity index (χ4n) is 3.32. The number of para-hydroxylation sites is 1. The maximum absolute atomic E-state index is 6.08. The number of hydrogen-bond donors (Lipinski definition) is 2. The molecule has 0 spiro atoms. The van der Waals surface area contributed by atoms with Gasteiger partial charge in [0.1, 0.15) is 0 Å². The Bertz CT molecular complexity index is 423. The zero-order valence-electron chi connectivity index (χ0n) is 12.5. The summed E-state index contributed by atoms with van der Waals surface area (Å²) < 4.78 is 0. The summed E-state index contributed by atoms with van der Waals surface area (Å²) in [5.74, 6) is 1.81. The van der Waals surface area contributed by atoms with Gasteiger partial charge in [0.25, 0.3) is 0 Å². The molecule has 2 fully saturated rings. The fourth-order valence-corrected chi connectivity index (χ4v) is 3.32. The van der Waals surface area contributed by atoms with Crippen molar-refractivity contribution in [3.63, 3.8) is 0 Å². The first-order valence-electron chi connectivity index (χ1n) is 7.97. The van der Waals surface area contributed by atoms with E-state index in [1.54, 1.807) is 0 Å². The zero-order valence-corrected chi connectivity index (χ0v) is 12.5. The number of piperidine rings is 1. The van der Waals surface area contributed by atoms with Crippen molar-refractivity contribution in [1.82, 2.24) is 5.32 Å². The van der Waals surface area contributed by atoms with Crippen LogP contribution in [-0.4, -0.2) is 31.7 Å². The molecule has 1 aliphatic heterocycles. The van der Waals surface area contributed by atoms with Gasteiger partial charge in [0.2, 0.25) is 0 Å². The molecule has 3 heteroatoms. The van der Waals surface area contributed by atoms with Crippen molar-refractivity contribution in [3.05, 3.63) is 30.3 Å². The number of hydrogen-bond acceptors (Lipinski definition) is 3. The van der Waals surface area contributed by atoms with Gasteiger partial charge in [0, 0.05) is 30.9 Å². The van der Waals surface area contributed by atoms with Crippen LogP contribution in [0.15, 0.2) is 30.3 Å². The van der Waals surface area contributed by atoms with Gasteiger partial charge in [-0.25, -0.2) is 0 Å². The number of anilines is 1. The minimum atomic E-state index is 0.174. The van der Waals surface area contributed by atoms with Crippen molar-refractivity contribution in [3.8, 4) is 0 Å². The first kappa shape index (κ1) is 13.9. The highest BCUT2D eigenvalue weighted by Crippen LogP contribution is 2.37. The molecule has 1 heterocycles. The van der Waals surface area contributed by atoms with E-state index in [0.29, 0.717) is 0 Å². The zero-order chi connectivity index (χ0) is 14.0. The molecule has 0 bridgehead atoms. The average Bonchev–Trinajstić information content (AvgIpc) is 3.22. The molecule has 1 saturated heterocycles. The van der Waals surface area contributed by atoms with Gasteiger partial charge in [-0.3, -0.25) is 0 Å². The lowest BCUT2D eigenvalue weighted by atomic mass is 9.87. The van der Waals surface area contributed by atoms with Crippen LogP contribution in [0.1, 0.15) is 26.2 Å². The molecule has 2 unspecified atom stereocenters. The summed E-state index contributed by atoms with van der Waals surface area (Å²) in [6.07, 6.45) is 3.70. The van der Waals surface area contributed by atoms with Crippen LogP contribution < -0.4 is 16.0 Å². The van der Waals surface area contributed by atoms with E-state index in [1.165, 1.54) is 12.1 Å². The van der Waals surface area contributed by atoms with Crippen molar-refractivity contribution < 1.29 is 0 Å². The number of nitrogens with one attached hydrogen (secondary N) is 1. The van der Waals surface area contributed by atoms with E-state index < -0.39 is 0 Å². The lowest BCUT2D eigenvalue weighted by Gasteiger charge is -2.43. The maximum atomic E-state index is 6.08. The predicted octanol–water partition coefficient (Wildman–Crippen LogP) is 2.23. The first-order valence-corrected chi connectivity index (χ1v) is 7.97. The number of nitrogens with zero attached hydrogens (tertiary/aromatic N) is 1. The molecule has 1 saturated carbocycles. The van der Waals surface area contributed by atoms with Gasteiger partial charge < -0.3 is 16.0 Å². The second-order valence-corrected chi connectivity index (χ2v) is 6.66. The van der Waals surface area contributed by atoms with Crippen LogP contribution in [-0.2, 0) is 0 Å². The molecule has 3 nitrogen and oxygen atoms in total. The Kier molecular flexibility index (Phi) is 3.99. The highest BCUT2D eigenvalue weighted by molar-refractivity contribution is 5.46. The second-order valence-electron chi connectivity index (χ2n) is 6.66. The molecule has 1 aromatic rings. The monoisotopic (exact) mass is 273 g/mol. The van der Waals surface area contributed by atoms with Crippen molar-refractivity contribution >= 4 is 5.69 Å². The number of rotatable bonds is 5. The van der Waals surface area contributed by atoms with Gasteiger partial charge in [-0.15, -0.1) is 0 Å². The van der Waals surface area contributed by atoms with E-state index in [4.69, 9.17) is 5.73 Å². The third-order valence-corrected chi connectivity index (χ3v) is 5.25. The molecule has 110 valence electrons. The summed E-state index contributed by atoms with van der Waals surface area (Å²) >= 11 is 0. The minimum Gasteiger partial charge on any atom is -0.371 e. The smallest absolute Gasteiger partial charge is 0.0366 e. The summed E-state index contributed by atoms with van der Waals surface area (Å²) in [7, 11) is 0. The van der Waals surface area contributed by atoms with Crippen molar-refractivity contribution in [2.75, 3.05) is 31.1 Å². The molecule has 0 aromatic heterocycles. The third-order valence-electron chi connectivity index (χ3n) is 5.25. The summed E-state index contributed by atoms with van der Waals surface area (Å²) in [5.41, 5.74) is 7.60. The normalized spacial score (nSPS) is 28.4. The predicted molar refractivity (Wildman–Crippen MR) is 84.9 cm³/mol. The summed E-state index contributed by atoms with van der Waals surface area (Å²) in [4.78, 5) is 2.48. The molecule has 1 aliphatic carbocycles. The highest BCUT2D eigenvalue weighted by atomic mass is 15.2. The molecule has 0 amide bonds. The van der Waals surface area contributed by atoms with Crippen LogP contribution in [0.5, 0.6) is 0 Å². The van der Waals surface area contributed by atoms with Crippen LogP contribution >= 0.6 is 0 Å². The van der Waals surface area contributed by atoms with Crippen molar-refractivity contribution in [1.29, 1.82) is 0 Å². The largest absolute Gasteiger partial charge is 0.371 e. The Morgan fingerprint density at radius 3 is 2.45 bits per heavy atom. The first-order chi connectivity index (χ1) is 9.72. The molecule has 3 rings (SSSR count). The van der Waals surface area contributed by atoms with E-state index in [0.717, 1.165) is 50.9 Å². The fraction of sp³-hybridized carbons (Fsp3) is 0.647. The van der Waals surface area contributed by atoms with Crippen LogP contribution in [0.25, 0.3) is 0 Å². The number of nitrogens with two attached hydrogens (primary N) is 1. The quantitative estimate of drug-likeness (QED) is 0.864. The molecule has 1 aromatic carbocycles. The molecule has 2 atom stereocenters. The molecular weight excluding hydrogens is 246 g/mol. The van der Waals surface area contributed by atoms with Crippen LogP contribution in [0.2, 0.25) is 0 Å². The lowest BCUT2D eigenvalue weighted by molar-refractivity contribution is 0.262. The average molecular weight is 273 g/mol. The highest BCUT2D eigenvalue weighted by Gasteiger charge is 2.37. The van der Waals surface area contributed by atoms with Crippen LogP contribution in [0.3, 0.4) is 0 Å². The van der Waals surface area contributed by atoms with Gasteiger partial charge in [-0.05, 0) is 49.8 Å². The van der Waals surface area contributed by atoms with Crippen LogP contribution in [0, 0.1) is 11.8 Å². The van der Waals surface area contributed by atoms with Gasteiger partial charge in [-0.1, -0.05) is 25.1 Å². The summed E-state index contributed by atoms with van der Waals surface area (Å²) in [6.45, 7) is 6.47. The van der Waals surface area contributed by atoms with Gasteiger partial charge in [0.15, 0.2) is 0 Å². The Morgan fingerprint density at radius 2 is 1.90 bits per heavy atom. The van der Waals surface area contributed by atoms with E-state index in [2.05, 4.69) is 47.5 Å². The molecule has 3 N–H and O–H groups in total.